The molecular formula is C32H34FN3. The van der Waals surface area contributed by atoms with Crippen molar-refractivity contribution >= 4 is 10.8 Å². The molecule has 0 radical (unpaired) electrons. The van der Waals surface area contributed by atoms with Crippen LogP contribution in [0.15, 0.2) is 67.0 Å². The van der Waals surface area contributed by atoms with Crippen molar-refractivity contribution in [2.75, 3.05) is 0 Å². The van der Waals surface area contributed by atoms with E-state index in [1.165, 1.54) is 37.7 Å². The maximum atomic E-state index is 15.2. The molecule has 0 atom stereocenters. The molecule has 0 unspecified atom stereocenters. The average Bonchev–Trinajstić information content (AvgIpc) is 2.92. The summed E-state index contributed by atoms with van der Waals surface area (Å²) in [5, 5.41) is 10.5. The molecule has 184 valence electrons. The van der Waals surface area contributed by atoms with Gasteiger partial charge in [0.2, 0.25) is 0 Å². The quantitative estimate of drug-likeness (QED) is 0.195. The van der Waals surface area contributed by atoms with Crippen molar-refractivity contribution in [1.82, 2.24) is 9.97 Å². The van der Waals surface area contributed by atoms with Gasteiger partial charge < -0.3 is 0 Å². The molecule has 0 aliphatic heterocycles. The molecule has 36 heavy (non-hydrogen) atoms. The molecule has 3 nitrogen and oxygen atoms in total. The first-order valence-corrected chi connectivity index (χ1v) is 13.1. The van der Waals surface area contributed by atoms with Gasteiger partial charge in [-0.3, -0.25) is 0 Å². The number of aromatic nitrogens is 2. The van der Waals surface area contributed by atoms with Crippen LogP contribution in [-0.4, -0.2) is 9.97 Å². The number of rotatable bonds is 12. The Hall–Kier alpha value is -3.58. The predicted molar refractivity (Wildman–Crippen MR) is 144 cm³/mol. The average molecular weight is 480 g/mol. The van der Waals surface area contributed by atoms with E-state index in [-0.39, 0.29) is 5.82 Å². The zero-order chi connectivity index (χ0) is 25.2. The van der Waals surface area contributed by atoms with E-state index < -0.39 is 0 Å². The highest BCUT2D eigenvalue weighted by Gasteiger charge is 2.09. The summed E-state index contributed by atoms with van der Waals surface area (Å²) in [6.45, 7) is 2.24. The summed E-state index contributed by atoms with van der Waals surface area (Å²) >= 11 is 0. The molecule has 0 N–H and O–H groups in total. The number of nitrogens with zero attached hydrogens (tertiary/aromatic N) is 3. The molecule has 0 spiro atoms. The maximum Gasteiger partial charge on any atom is 0.134 e. The SMILES string of the molecule is CCCCCCCc1cnc(CCc2ccc3c(F)c(CCc4ccc(C#N)cc4)ccc3c2)nc1. The van der Waals surface area contributed by atoms with E-state index in [0.29, 0.717) is 17.4 Å². The fourth-order valence-electron chi connectivity index (χ4n) is 4.59. The first kappa shape index (κ1) is 25.5. The van der Waals surface area contributed by atoms with E-state index in [1.54, 1.807) is 0 Å². The van der Waals surface area contributed by atoms with Gasteiger partial charge in [-0.05, 0) is 71.9 Å². The van der Waals surface area contributed by atoms with Gasteiger partial charge in [-0.25, -0.2) is 14.4 Å². The van der Waals surface area contributed by atoms with Gasteiger partial charge in [0, 0.05) is 24.2 Å². The van der Waals surface area contributed by atoms with Gasteiger partial charge in [-0.2, -0.15) is 5.26 Å². The molecule has 0 saturated heterocycles. The molecule has 4 heteroatoms. The Morgan fingerprint density at radius 2 is 1.44 bits per heavy atom. The molecule has 0 amide bonds. The van der Waals surface area contributed by atoms with Crippen LogP contribution in [0.25, 0.3) is 10.8 Å². The number of hydrogen-bond acceptors (Lipinski definition) is 3. The summed E-state index contributed by atoms with van der Waals surface area (Å²) in [5.74, 6) is 0.718. The molecular weight excluding hydrogens is 445 g/mol. The Balaban J connectivity index is 1.32. The van der Waals surface area contributed by atoms with Crippen LogP contribution in [0.5, 0.6) is 0 Å². The van der Waals surface area contributed by atoms with E-state index >= 15 is 4.39 Å². The summed E-state index contributed by atoms with van der Waals surface area (Å²) < 4.78 is 15.2. The van der Waals surface area contributed by atoms with Gasteiger partial charge >= 0.3 is 0 Å². The molecule has 1 aromatic heterocycles. The van der Waals surface area contributed by atoms with Gasteiger partial charge in [0.1, 0.15) is 11.6 Å². The number of halogens is 1. The highest BCUT2D eigenvalue weighted by Crippen LogP contribution is 2.24. The zero-order valence-electron chi connectivity index (χ0n) is 21.1. The van der Waals surface area contributed by atoms with E-state index in [0.717, 1.165) is 53.6 Å². The lowest BCUT2D eigenvalue weighted by atomic mass is 9.98. The minimum absolute atomic E-state index is 0.138. The van der Waals surface area contributed by atoms with Gasteiger partial charge in [0.15, 0.2) is 0 Å². The van der Waals surface area contributed by atoms with Crippen molar-refractivity contribution in [3.8, 4) is 6.07 Å². The van der Waals surface area contributed by atoms with Crippen molar-refractivity contribution < 1.29 is 4.39 Å². The third-order valence-electron chi connectivity index (χ3n) is 6.83. The lowest BCUT2D eigenvalue weighted by molar-refractivity contribution is 0.620. The third kappa shape index (κ3) is 6.98. The van der Waals surface area contributed by atoms with Crippen LogP contribution in [0.1, 0.15) is 72.7 Å². The number of benzene rings is 3. The topological polar surface area (TPSA) is 49.6 Å². The summed E-state index contributed by atoms with van der Waals surface area (Å²) in [4.78, 5) is 9.13. The Kier molecular flexibility index (Phi) is 9.16. The van der Waals surface area contributed by atoms with Crippen LogP contribution < -0.4 is 0 Å². The second-order valence-electron chi connectivity index (χ2n) is 9.57. The third-order valence-corrected chi connectivity index (χ3v) is 6.83. The van der Waals surface area contributed by atoms with Crippen LogP contribution in [0, 0.1) is 17.1 Å². The van der Waals surface area contributed by atoms with Gasteiger partial charge in [0.25, 0.3) is 0 Å². The molecule has 0 aliphatic rings. The van der Waals surface area contributed by atoms with Crippen molar-refractivity contribution in [2.45, 2.75) is 71.1 Å². The first-order valence-electron chi connectivity index (χ1n) is 13.1. The molecule has 1 heterocycles. The molecule has 4 aromatic rings. The Labute approximate surface area is 214 Å². The minimum Gasteiger partial charge on any atom is -0.241 e. The smallest absolute Gasteiger partial charge is 0.134 e. The van der Waals surface area contributed by atoms with Crippen LogP contribution in [0.3, 0.4) is 0 Å². The van der Waals surface area contributed by atoms with Crippen LogP contribution in [-0.2, 0) is 32.1 Å². The fraction of sp³-hybridized carbons (Fsp3) is 0.344. The molecule has 0 fully saturated rings. The zero-order valence-corrected chi connectivity index (χ0v) is 21.1. The summed E-state index contributed by atoms with van der Waals surface area (Å²) in [6, 6.07) is 19.5. The number of aryl methyl sites for hydroxylation is 5. The Morgan fingerprint density at radius 3 is 2.19 bits per heavy atom. The van der Waals surface area contributed by atoms with E-state index in [1.807, 2.05) is 60.9 Å². The predicted octanol–water partition coefficient (Wildman–Crippen LogP) is 7.72. The van der Waals surface area contributed by atoms with E-state index in [2.05, 4.69) is 29.0 Å². The first-order chi connectivity index (χ1) is 17.7. The highest BCUT2D eigenvalue weighted by molar-refractivity contribution is 5.84. The van der Waals surface area contributed by atoms with Crippen molar-refractivity contribution in [3.63, 3.8) is 0 Å². The highest BCUT2D eigenvalue weighted by atomic mass is 19.1. The Bertz CT molecular complexity index is 1300. The molecule has 0 saturated carbocycles. The number of nitriles is 1. The Morgan fingerprint density at radius 1 is 0.722 bits per heavy atom. The number of unbranched alkanes of at least 4 members (excludes halogenated alkanes) is 4. The summed E-state index contributed by atoms with van der Waals surface area (Å²) in [7, 11) is 0. The second kappa shape index (κ2) is 12.9. The molecule has 3 aromatic carbocycles. The van der Waals surface area contributed by atoms with Crippen LogP contribution >= 0.6 is 0 Å². The standard InChI is InChI=1S/C32H34FN3/c1-2-3-4-5-6-7-27-22-35-31(36-23-27)19-14-25-13-18-30-29(20-25)17-16-28(32(30)33)15-12-24-8-10-26(21-34)11-9-24/h8-11,13,16-18,20,22-23H,2-7,12,14-15,19H2,1H3. The normalized spacial score (nSPS) is 11.0. The van der Waals surface area contributed by atoms with Crippen molar-refractivity contribution in [1.29, 1.82) is 5.26 Å². The van der Waals surface area contributed by atoms with E-state index in [9.17, 15) is 0 Å². The number of hydrogen-bond donors (Lipinski definition) is 0. The largest absolute Gasteiger partial charge is 0.241 e. The van der Waals surface area contributed by atoms with Crippen LogP contribution in [0.2, 0.25) is 0 Å². The van der Waals surface area contributed by atoms with Gasteiger partial charge in [-0.1, -0.05) is 75.1 Å². The van der Waals surface area contributed by atoms with Crippen LogP contribution in [0.4, 0.5) is 4.39 Å². The van der Waals surface area contributed by atoms with Gasteiger partial charge in [-0.15, -0.1) is 0 Å². The fourth-order valence-corrected chi connectivity index (χ4v) is 4.59. The lowest BCUT2D eigenvalue weighted by Gasteiger charge is -2.09. The lowest BCUT2D eigenvalue weighted by Crippen LogP contribution is -2.00. The minimum atomic E-state index is -0.138. The molecule has 4 rings (SSSR count). The van der Waals surface area contributed by atoms with Crippen molar-refractivity contribution in [3.05, 3.63) is 106 Å². The molecule has 0 bridgehead atoms. The number of fused-ring (bicyclic) bond motifs is 1. The maximum absolute atomic E-state index is 15.2. The molecule has 0 aliphatic carbocycles. The van der Waals surface area contributed by atoms with Crippen molar-refractivity contribution in [2.24, 2.45) is 0 Å². The second-order valence-corrected chi connectivity index (χ2v) is 9.57. The van der Waals surface area contributed by atoms with Gasteiger partial charge in [0.05, 0.1) is 11.6 Å². The van der Waals surface area contributed by atoms with E-state index in [4.69, 9.17) is 5.26 Å². The summed E-state index contributed by atoms with van der Waals surface area (Å²) in [5.41, 5.74) is 4.84. The summed E-state index contributed by atoms with van der Waals surface area (Å²) in [6.07, 6.45) is 14.3. The monoisotopic (exact) mass is 479 g/mol.